The molecule has 0 spiro atoms. The van der Waals surface area contributed by atoms with Crippen molar-refractivity contribution in [2.45, 2.75) is 70.9 Å². The molecule has 4 nitrogen and oxygen atoms in total. The SMILES string of the molecule is CNCc1cc2c(cc1OC)CC(C)(C)NC2=CC(=O)C1CCCCCC1. The molecule has 1 aromatic rings. The number of carbonyl (C=O) groups is 1. The molecule has 1 aromatic carbocycles. The van der Waals surface area contributed by atoms with Gasteiger partial charge in [-0.3, -0.25) is 4.79 Å². The van der Waals surface area contributed by atoms with Crippen molar-refractivity contribution >= 4 is 11.5 Å². The fourth-order valence-electron chi connectivity index (χ4n) is 4.47. The normalized spacial score (nSPS) is 21.3. The number of hydrogen-bond acceptors (Lipinski definition) is 4. The van der Waals surface area contributed by atoms with Crippen LogP contribution in [0.15, 0.2) is 18.2 Å². The maximum absolute atomic E-state index is 13.0. The second-order valence-electron chi connectivity index (χ2n) is 8.69. The summed E-state index contributed by atoms with van der Waals surface area (Å²) in [7, 11) is 3.66. The predicted octanol–water partition coefficient (Wildman–Crippen LogP) is 4.22. The zero-order valence-corrected chi connectivity index (χ0v) is 17.3. The van der Waals surface area contributed by atoms with Crippen LogP contribution in [0.3, 0.4) is 0 Å². The molecule has 4 heteroatoms. The smallest absolute Gasteiger partial charge is 0.160 e. The van der Waals surface area contributed by atoms with Crippen LogP contribution in [-0.2, 0) is 17.8 Å². The van der Waals surface area contributed by atoms with E-state index in [0.29, 0.717) is 0 Å². The van der Waals surface area contributed by atoms with Crippen molar-refractivity contribution in [2.24, 2.45) is 5.92 Å². The number of methoxy groups -OCH3 is 1. The number of ketones is 1. The zero-order chi connectivity index (χ0) is 19.4. The van der Waals surface area contributed by atoms with Crippen LogP contribution in [0.25, 0.3) is 5.70 Å². The van der Waals surface area contributed by atoms with Crippen LogP contribution in [0.1, 0.15) is 69.1 Å². The third kappa shape index (κ3) is 4.73. The number of fused-ring (bicyclic) bond motifs is 1. The molecule has 0 radical (unpaired) electrons. The third-order valence-corrected chi connectivity index (χ3v) is 5.81. The lowest BCUT2D eigenvalue weighted by atomic mass is 9.83. The van der Waals surface area contributed by atoms with Gasteiger partial charge in [-0.2, -0.15) is 0 Å². The lowest BCUT2D eigenvalue weighted by Crippen LogP contribution is -2.44. The summed E-state index contributed by atoms with van der Waals surface area (Å²) in [5, 5.41) is 6.83. The molecule has 1 heterocycles. The number of benzene rings is 1. The van der Waals surface area contributed by atoms with Crippen molar-refractivity contribution in [1.82, 2.24) is 10.6 Å². The quantitative estimate of drug-likeness (QED) is 0.602. The van der Waals surface area contributed by atoms with Crippen molar-refractivity contribution in [3.8, 4) is 5.75 Å². The minimum atomic E-state index is -0.0852. The molecular formula is C23H34N2O2. The topological polar surface area (TPSA) is 50.4 Å². The Kier molecular flexibility index (Phi) is 6.25. The molecule has 0 unspecified atom stereocenters. The molecular weight excluding hydrogens is 336 g/mol. The molecule has 0 amide bonds. The van der Waals surface area contributed by atoms with Gasteiger partial charge in [0.25, 0.3) is 0 Å². The number of ether oxygens (including phenoxy) is 1. The van der Waals surface area contributed by atoms with Crippen LogP contribution in [0.2, 0.25) is 0 Å². The predicted molar refractivity (Wildman–Crippen MR) is 111 cm³/mol. The first-order chi connectivity index (χ1) is 12.9. The molecule has 0 bridgehead atoms. The van der Waals surface area contributed by atoms with Gasteiger partial charge in [-0.1, -0.05) is 25.7 Å². The highest BCUT2D eigenvalue weighted by atomic mass is 16.5. The van der Waals surface area contributed by atoms with E-state index < -0.39 is 0 Å². The Morgan fingerprint density at radius 3 is 2.59 bits per heavy atom. The highest BCUT2D eigenvalue weighted by molar-refractivity contribution is 5.98. The summed E-state index contributed by atoms with van der Waals surface area (Å²) in [5.41, 5.74) is 4.39. The maximum atomic E-state index is 13.0. The van der Waals surface area contributed by atoms with Crippen LogP contribution >= 0.6 is 0 Å². The van der Waals surface area contributed by atoms with Crippen molar-refractivity contribution in [2.75, 3.05) is 14.2 Å². The standard InChI is InChI=1S/C23H34N2O2/c1-23(2)14-17-12-22(27-4)18(15-24-3)11-19(17)20(25-23)13-21(26)16-9-7-5-6-8-10-16/h11-13,16,24-25H,5-10,14-15H2,1-4H3. The first kappa shape index (κ1) is 19.9. The van der Waals surface area contributed by atoms with E-state index in [1.807, 2.05) is 13.1 Å². The Labute approximate surface area is 163 Å². The summed E-state index contributed by atoms with van der Waals surface area (Å²) in [5.74, 6) is 1.38. The zero-order valence-electron chi connectivity index (χ0n) is 17.3. The van der Waals surface area contributed by atoms with Crippen LogP contribution in [0, 0.1) is 5.92 Å². The van der Waals surface area contributed by atoms with E-state index >= 15 is 0 Å². The second kappa shape index (κ2) is 8.47. The summed E-state index contributed by atoms with van der Waals surface area (Å²) in [6.07, 6.45) is 9.75. The molecule has 0 saturated heterocycles. The highest BCUT2D eigenvalue weighted by Crippen LogP contribution is 2.35. The van der Waals surface area contributed by atoms with E-state index in [2.05, 4.69) is 36.6 Å². The summed E-state index contributed by atoms with van der Waals surface area (Å²) >= 11 is 0. The Morgan fingerprint density at radius 2 is 1.96 bits per heavy atom. The minimum Gasteiger partial charge on any atom is -0.496 e. The van der Waals surface area contributed by atoms with E-state index in [0.717, 1.165) is 48.4 Å². The highest BCUT2D eigenvalue weighted by Gasteiger charge is 2.30. The second-order valence-corrected chi connectivity index (χ2v) is 8.69. The molecule has 0 atom stereocenters. The molecule has 3 rings (SSSR count). The lowest BCUT2D eigenvalue weighted by Gasteiger charge is -2.36. The van der Waals surface area contributed by atoms with Crippen molar-refractivity contribution < 1.29 is 9.53 Å². The first-order valence-electron chi connectivity index (χ1n) is 10.3. The van der Waals surface area contributed by atoms with Crippen molar-refractivity contribution in [3.05, 3.63) is 34.9 Å². The van der Waals surface area contributed by atoms with Crippen LogP contribution in [0.5, 0.6) is 5.75 Å². The van der Waals surface area contributed by atoms with Gasteiger partial charge in [-0.05, 0) is 57.9 Å². The molecule has 1 saturated carbocycles. The lowest BCUT2D eigenvalue weighted by molar-refractivity contribution is -0.118. The monoisotopic (exact) mass is 370 g/mol. The average Bonchev–Trinajstić information content (AvgIpc) is 2.90. The first-order valence-corrected chi connectivity index (χ1v) is 10.3. The number of carbonyl (C=O) groups excluding carboxylic acids is 1. The van der Waals surface area contributed by atoms with Gasteiger partial charge >= 0.3 is 0 Å². The van der Waals surface area contributed by atoms with Gasteiger partial charge < -0.3 is 15.4 Å². The van der Waals surface area contributed by atoms with Gasteiger partial charge in [0.05, 0.1) is 7.11 Å². The van der Waals surface area contributed by atoms with Crippen LogP contribution in [0.4, 0.5) is 0 Å². The van der Waals surface area contributed by atoms with E-state index in [1.54, 1.807) is 7.11 Å². The van der Waals surface area contributed by atoms with E-state index in [-0.39, 0.29) is 17.2 Å². The maximum Gasteiger partial charge on any atom is 0.160 e. The molecule has 0 aromatic heterocycles. The molecule has 1 fully saturated rings. The number of nitrogens with one attached hydrogen (secondary N) is 2. The van der Waals surface area contributed by atoms with Crippen LogP contribution < -0.4 is 15.4 Å². The Balaban J connectivity index is 1.98. The van der Waals surface area contributed by atoms with Gasteiger partial charge in [-0.15, -0.1) is 0 Å². The molecule has 1 aliphatic heterocycles. The van der Waals surface area contributed by atoms with E-state index in [4.69, 9.17) is 4.74 Å². The minimum absolute atomic E-state index is 0.0852. The summed E-state index contributed by atoms with van der Waals surface area (Å²) in [4.78, 5) is 13.0. The van der Waals surface area contributed by atoms with Gasteiger partial charge in [0, 0.05) is 40.9 Å². The number of rotatable bonds is 5. The summed E-state index contributed by atoms with van der Waals surface area (Å²) < 4.78 is 5.61. The Hall–Kier alpha value is -1.81. The Morgan fingerprint density at radius 1 is 1.26 bits per heavy atom. The average molecular weight is 371 g/mol. The van der Waals surface area contributed by atoms with E-state index in [1.165, 1.54) is 31.2 Å². The molecule has 1 aliphatic carbocycles. The van der Waals surface area contributed by atoms with Gasteiger partial charge in [0.2, 0.25) is 0 Å². The Bertz CT molecular complexity index is 713. The molecule has 2 aliphatic rings. The van der Waals surface area contributed by atoms with Gasteiger partial charge in [-0.25, -0.2) is 0 Å². The molecule has 27 heavy (non-hydrogen) atoms. The van der Waals surface area contributed by atoms with Gasteiger partial charge in [0.1, 0.15) is 5.75 Å². The number of allylic oxidation sites excluding steroid dienone is 1. The van der Waals surface area contributed by atoms with Gasteiger partial charge in [0.15, 0.2) is 5.78 Å². The van der Waals surface area contributed by atoms with Crippen LogP contribution in [-0.4, -0.2) is 25.5 Å². The number of hydrogen-bond donors (Lipinski definition) is 2. The molecule has 2 N–H and O–H groups in total. The van der Waals surface area contributed by atoms with Crippen molar-refractivity contribution in [3.63, 3.8) is 0 Å². The summed E-state index contributed by atoms with van der Waals surface area (Å²) in [6.45, 7) is 5.12. The fourth-order valence-corrected chi connectivity index (χ4v) is 4.47. The van der Waals surface area contributed by atoms with Crippen molar-refractivity contribution in [1.29, 1.82) is 0 Å². The largest absolute Gasteiger partial charge is 0.496 e. The summed E-state index contributed by atoms with van der Waals surface area (Å²) in [6, 6.07) is 4.33. The van der Waals surface area contributed by atoms with E-state index in [9.17, 15) is 4.79 Å². The molecule has 148 valence electrons. The fraction of sp³-hybridized carbons (Fsp3) is 0.609. The third-order valence-electron chi connectivity index (χ3n) is 5.81.